The normalized spacial score (nSPS) is 28.9. The van der Waals surface area contributed by atoms with Crippen molar-refractivity contribution < 1.29 is 4.42 Å². The van der Waals surface area contributed by atoms with Gasteiger partial charge in [0, 0.05) is 30.9 Å². The SMILES string of the molecule is CCN(c1nccc2occc12)C1CC2CCC(C1)N2. The lowest BCUT2D eigenvalue weighted by atomic mass is 9.98. The van der Waals surface area contributed by atoms with Gasteiger partial charge in [-0.2, -0.15) is 0 Å². The van der Waals surface area contributed by atoms with Gasteiger partial charge in [-0.3, -0.25) is 0 Å². The molecule has 106 valence electrons. The molecular formula is C16H21N3O. The Bertz CT molecular complexity index is 597. The fraction of sp³-hybridized carbons (Fsp3) is 0.562. The summed E-state index contributed by atoms with van der Waals surface area (Å²) < 4.78 is 5.52. The van der Waals surface area contributed by atoms with Crippen LogP contribution < -0.4 is 10.2 Å². The van der Waals surface area contributed by atoms with E-state index in [1.807, 2.05) is 18.3 Å². The Morgan fingerprint density at radius 1 is 1.30 bits per heavy atom. The third kappa shape index (κ3) is 1.90. The van der Waals surface area contributed by atoms with E-state index in [4.69, 9.17) is 4.42 Å². The molecule has 1 N–H and O–H groups in total. The van der Waals surface area contributed by atoms with Gasteiger partial charge < -0.3 is 14.6 Å². The minimum atomic E-state index is 0.603. The second-order valence-electron chi connectivity index (χ2n) is 6.02. The van der Waals surface area contributed by atoms with Crippen LogP contribution in [0.1, 0.15) is 32.6 Å². The first-order chi connectivity index (χ1) is 9.85. The summed E-state index contributed by atoms with van der Waals surface area (Å²) in [6.07, 6.45) is 8.76. The van der Waals surface area contributed by atoms with Crippen LogP contribution in [-0.2, 0) is 0 Å². The maximum absolute atomic E-state index is 5.52. The van der Waals surface area contributed by atoms with Crippen molar-refractivity contribution in [2.75, 3.05) is 11.4 Å². The second-order valence-corrected chi connectivity index (χ2v) is 6.02. The molecule has 2 atom stereocenters. The largest absolute Gasteiger partial charge is 0.464 e. The lowest BCUT2D eigenvalue weighted by Crippen LogP contribution is -2.48. The molecule has 0 aliphatic carbocycles. The Kier molecular flexibility index (Phi) is 2.91. The predicted octanol–water partition coefficient (Wildman–Crippen LogP) is 2.94. The first-order valence-electron chi connectivity index (χ1n) is 7.70. The Morgan fingerprint density at radius 3 is 2.85 bits per heavy atom. The van der Waals surface area contributed by atoms with E-state index in [0.717, 1.165) is 23.3 Å². The Balaban J connectivity index is 1.69. The van der Waals surface area contributed by atoms with Crippen molar-refractivity contribution >= 4 is 16.8 Å². The molecule has 4 heteroatoms. The number of nitrogens with zero attached hydrogens (tertiary/aromatic N) is 2. The molecule has 0 saturated carbocycles. The van der Waals surface area contributed by atoms with Gasteiger partial charge in [-0.25, -0.2) is 4.98 Å². The number of hydrogen-bond donors (Lipinski definition) is 1. The van der Waals surface area contributed by atoms with Crippen molar-refractivity contribution in [1.82, 2.24) is 10.3 Å². The first kappa shape index (κ1) is 12.2. The maximum Gasteiger partial charge on any atom is 0.139 e. The lowest BCUT2D eigenvalue weighted by Gasteiger charge is -2.38. The van der Waals surface area contributed by atoms with Crippen molar-refractivity contribution in [2.24, 2.45) is 0 Å². The van der Waals surface area contributed by atoms with E-state index in [-0.39, 0.29) is 0 Å². The van der Waals surface area contributed by atoms with Crippen molar-refractivity contribution in [2.45, 2.75) is 50.7 Å². The number of hydrogen-bond acceptors (Lipinski definition) is 4. The molecule has 4 nitrogen and oxygen atoms in total. The highest BCUT2D eigenvalue weighted by atomic mass is 16.3. The molecule has 0 aromatic carbocycles. The summed E-state index contributed by atoms with van der Waals surface area (Å²) in [6.45, 7) is 3.23. The van der Waals surface area contributed by atoms with Gasteiger partial charge in [0.1, 0.15) is 11.4 Å². The fourth-order valence-corrected chi connectivity index (χ4v) is 3.97. The summed E-state index contributed by atoms with van der Waals surface area (Å²) >= 11 is 0. The van der Waals surface area contributed by atoms with Crippen LogP contribution in [0.2, 0.25) is 0 Å². The average molecular weight is 271 g/mol. The molecule has 2 saturated heterocycles. The van der Waals surface area contributed by atoms with Crippen LogP contribution in [0.15, 0.2) is 29.0 Å². The van der Waals surface area contributed by atoms with Gasteiger partial charge in [0.15, 0.2) is 0 Å². The zero-order valence-electron chi connectivity index (χ0n) is 11.9. The van der Waals surface area contributed by atoms with Crippen LogP contribution >= 0.6 is 0 Å². The van der Waals surface area contributed by atoms with E-state index < -0.39 is 0 Å². The van der Waals surface area contributed by atoms with Crippen molar-refractivity contribution in [3.8, 4) is 0 Å². The summed E-state index contributed by atoms with van der Waals surface area (Å²) in [7, 11) is 0. The molecule has 20 heavy (non-hydrogen) atoms. The van der Waals surface area contributed by atoms with Gasteiger partial charge in [0.2, 0.25) is 0 Å². The third-order valence-corrected chi connectivity index (χ3v) is 4.86. The Hall–Kier alpha value is -1.55. The fourth-order valence-electron chi connectivity index (χ4n) is 3.97. The number of fused-ring (bicyclic) bond motifs is 3. The zero-order chi connectivity index (χ0) is 13.5. The lowest BCUT2D eigenvalue weighted by molar-refractivity contribution is 0.348. The first-order valence-corrected chi connectivity index (χ1v) is 7.70. The maximum atomic E-state index is 5.52. The molecular weight excluding hydrogens is 250 g/mol. The van der Waals surface area contributed by atoms with Crippen LogP contribution in [0.5, 0.6) is 0 Å². The molecule has 2 aromatic heterocycles. The number of aromatic nitrogens is 1. The number of pyridine rings is 1. The minimum Gasteiger partial charge on any atom is -0.464 e. The van der Waals surface area contributed by atoms with Crippen LogP contribution in [0.4, 0.5) is 5.82 Å². The molecule has 2 aliphatic rings. The molecule has 0 spiro atoms. The van der Waals surface area contributed by atoms with Gasteiger partial charge >= 0.3 is 0 Å². The van der Waals surface area contributed by atoms with Crippen LogP contribution in [-0.4, -0.2) is 29.7 Å². The summed E-state index contributed by atoms with van der Waals surface area (Å²) in [4.78, 5) is 7.12. The standard InChI is InChI=1S/C16H21N3O/c1-2-19(13-9-11-3-4-12(10-13)18-11)16-14-6-8-20-15(14)5-7-17-16/h5-8,11-13,18H,2-4,9-10H2,1H3. The van der Waals surface area contributed by atoms with E-state index in [0.29, 0.717) is 18.1 Å². The monoisotopic (exact) mass is 271 g/mol. The highest BCUT2D eigenvalue weighted by Gasteiger charge is 2.36. The molecule has 2 bridgehead atoms. The average Bonchev–Trinajstić information content (AvgIpc) is 3.07. The predicted molar refractivity (Wildman–Crippen MR) is 80.0 cm³/mol. The molecule has 2 unspecified atom stereocenters. The summed E-state index contributed by atoms with van der Waals surface area (Å²) in [5.74, 6) is 1.09. The van der Waals surface area contributed by atoms with E-state index in [2.05, 4.69) is 22.1 Å². The molecule has 0 amide bonds. The summed E-state index contributed by atoms with van der Waals surface area (Å²) in [5, 5.41) is 4.86. The zero-order valence-corrected chi connectivity index (χ0v) is 11.9. The number of nitrogens with one attached hydrogen (secondary N) is 1. The Labute approximate surface area is 119 Å². The van der Waals surface area contributed by atoms with E-state index in [9.17, 15) is 0 Å². The van der Waals surface area contributed by atoms with Crippen molar-refractivity contribution in [1.29, 1.82) is 0 Å². The minimum absolute atomic E-state index is 0.603. The molecule has 4 rings (SSSR count). The highest BCUT2D eigenvalue weighted by Crippen LogP contribution is 2.34. The van der Waals surface area contributed by atoms with E-state index in [1.54, 1.807) is 6.26 Å². The van der Waals surface area contributed by atoms with Crippen molar-refractivity contribution in [3.05, 3.63) is 24.6 Å². The smallest absolute Gasteiger partial charge is 0.139 e. The summed E-state index contributed by atoms with van der Waals surface area (Å²) in [5.41, 5.74) is 0.936. The quantitative estimate of drug-likeness (QED) is 0.932. The number of furan rings is 1. The van der Waals surface area contributed by atoms with Gasteiger partial charge in [0.25, 0.3) is 0 Å². The van der Waals surface area contributed by atoms with E-state index >= 15 is 0 Å². The second kappa shape index (κ2) is 4.77. The van der Waals surface area contributed by atoms with Gasteiger partial charge in [0.05, 0.1) is 11.6 Å². The number of rotatable bonds is 3. The molecule has 4 heterocycles. The number of anilines is 1. The van der Waals surface area contributed by atoms with Crippen LogP contribution in [0, 0.1) is 0 Å². The summed E-state index contributed by atoms with van der Waals surface area (Å²) in [6, 6.07) is 5.99. The molecule has 2 aromatic rings. The van der Waals surface area contributed by atoms with Gasteiger partial charge in [-0.05, 0) is 44.7 Å². The van der Waals surface area contributed by atoms with Gasteiger partial charge in [-0.15, -0.1) is 0 Å². The van der Waals surface area contributed by atoms with E-state index in [1.165, 1.54) is 25.7 Å². The highest BCUT2D eigenvalue weighted by molar-refractivity contribution is 5.88. The third-order valence-electron chi connectivity index (χ3n) is 4.86. The van der Waals surface area contributed by atoms with Gasteiger partial charge in [-0.1, -0.05) is 0 Å². The topological polar surface area (TPSA) is 41.3 Å². The molecule has 0 radical (unpaired) electrons. The number of piperidine rings is 1. The van der Waals surface area contributed by atoms with Crippen LogP contribution in [0.25, 0.3) is 11.0 Å². The Morgan fingerprint density at radius 2 is 2.10 bits per heavy atom. The van der Waals surface area contributed by atoms with Crippen LogP contribution in [0.3, 0.4) is 0 Å². The van der Waals surface area contributed by atoms with Crippen molar-refractivity contribution in [3.63, 3.8) is 0 Å². The molecule has 2 fully saturated rings. The molecule has 2 aliphatic heterocycles.